The molecule has 0 aromatic heterocycles. The van der Waals surface area contributed by atoms with Gasteiger partial charge in [-0.3, -0.25) is 9.59 Å². The Hall–Kier alpha value is -3.09. The van der Waals surface area contributed by atoms with Crippen molar-refractivity contribution in [3.05, 3.63) is 42.0 Å². The Labute approximate surface area is 163 Å². The molecule has 2 aromatic rings. The van der Waals surface area contributed by atoms with Gasteiger partial charge in [0.2, 0.25) is 11.8 Å². The minimum atomic E-state index is -0.944. The van der Waals surface area contributed by atoms with Crippen molar-refractivity contribution in [3.8, 4) is 5.75 Å². The second kappa shape index (κ2) is 8.73. The molecule has 0 radical (unpaired) electrons. The van der Waals surface area contributed by atoms with Crippen LogP contribution in [0, 0.1) is 0 Å². The number of hydrogen-bond acceptors (Lipinski definition) is 4. The number of carbonyl (C=O) groups is 3. The number of amides is 2. The normalized spacial score (nSPS) is 18.9. The lowest BCUT2D eigenvalue weighted by Gasteiger charge is -2.28. The molecule has 4 rings (SSSR count). The first-order chi connectivity index (χ1) is 13.4. The maximum atomic E-state index is 11.9. The van der Waals surface area contributed by atoms with E-state index in [1.807, 2.05) is 4.90 Å². The second-order valence-electron chi connectivity index (χ2n) is 7.10. The summed E-state index contributed by atoms with van der Waals surface area (Å²) in [5.41, 5.74) is 0.253. The number of carboxylic acid groups (broad SMARTS) is 1. The van der Waals surface area contributed by atoms with E-state index >= 15 is 0 Å². The van der Waals surface area contributed by atoms with Gasteiger partial charge in [-0.2, -0.15) is 0 Å². The zero-order valence-corrected chi connectivity index (χ0v) is 15.6. The fourth-order valence-corrected chi connectivity index (χ4v) is 3.50. The molecule has 2 fully saturated rings. The Morgan fingerprint density at radius 3 is 2.32 bits per heavy atom. The Morgan fingerprint density at radius 2 is 1.68 bits per heavy atom. The Morgan fingerprint density at radius 1 is 1.00 bits per heavy atom. The van der Waals surface area contributed by atoms with E-state index in [0.29, 0.717) is 12.8 Å². The number of nitrogens with zero attached hydrogens (tertiary/aromatic N) is 1. The zero-order chi connectivity index (χ0) is 20.1. The van der Waals surface area contributed by atoms with Crippen molar-refractivity contribution in [1.29, 1.82) is 0 Å². The summed E-state index contributed by atoms with van der Waals surface area (Å²) in [6.07, 6.45) is 4.61. The van der Waals surface area contributed by atoms with Crippen LogP contribution in [0.3, 0.4) is 0 Å². The van der Waals surface area contributed by atoms with Crippen LogP contribution in [0.25, 0.3) is 10.8 Å². The van der Waals surface area contributed by atoms with Crippen LogP contribution in [-0.2, 0) is 9.59 Å². The number of rotatable bonds is 2. The number of aromatic hydroxyl groups is 1. The Bertz CT molecular complexity index is 889. The third-order valence-corrected chi connectivity index (χ3v) is 5.03. The van der Waals surface area contributed by atoms with Crippen LogP contribution in [-0.4, -0.2) is 52.0 Å². The van der Waals surface area contributed by atoms with Gasteiger partial charge in [0.05, 0.1) is 5.56 Å². The van der Waals surface area contributed by atoms with Gasteiger partial charge in [-0.1, -0.05) is 12.1 Å². The van der Waals surface area contributed by atoms with Gasteiger partial charge in [-0.05, 0) is 60.7 Å². The number of carbonyl (C=O) groups excluding carboxylic acids is 2. The largest absolute Gasteiger partial charge is 0.508 e. The molecule has 3 N–H and O–H groups in total. The molecule has 1 atom stereocenters. The lowest BCUT2D eigenvalue weighted by molar-refractivity contribution is -0.135. The topological polar surface area (TPSA) is 107 Å². The number of piperidine rings is 1. The van der Waals surface area contributed by atoms with E-state index in [0.717, 1.165) is 36.7 Å². The summed E-state index contributed by atoms with van der Waals surface area (Å²) < 4.78 is 0. The van der Waals surface area contributed by atoms with Gasteiger partial charge in [0.1, 0.15) is 11.8 Å². The van der Waals surface area contributed by atoms with Crippen LogP contribution in [0.5, 0.6) is 5.75 Å². The van der Waals surface area contributed by atoms with Crippen LogP contribution in [0.1, 0.15) is 42.5 Å². The molecular formula is C21H24N2O5. The van der Waals surface area contributed by atoms with E-state index in [9.17, 15) is 19.5 Å². The van der Waals surface area contributed by atoms with Crippen molar-refractivity contribution < 1.29 is 24.6 Å². The Kier molecular flexibility index (Phi) is 6.13. The first-order valence-corrected chi connectivity index (χ1v) is 9.48. The van der Waals surface area contributed by atoms with Gasteiger partial charge >= 0.3 is 5.97 Å². The highest BCUT2D eigenvalue weighted by atomic mass is 16.4. The molecule has 2 aliphatic rings. The second-order valence-corrected chi connectivity index (χ2v) is 7.10. The number of benzene rings is 2. The molecule has 2 heterocycles. The standard InChI is InChI=1S/C11H8O3.C10H16N2O2/c12-10-4-3-7-5-9(11(13)14)2-1-8(7)6-10;13-9-5-4-8(11-9)10(14)12-6-2-1-3-7-12/h1-6,12H,(H,13,14);8H,1-7H2,(H,11,13)/t;8-/m.1/s1. The maximum Gasteiger partial charge on any atom is 0.335 e. The molecule has 0 spiro atoms. The maximum absolute atomic E-state index is 11.9. The highest BCUT2D eigenvalue weighted by Gasteiger charge is 2.30. The lowest BCUT2D eigenvalue weighted by atomic mass is 10.1. The van der Waals surface area contributed by atoms with Crippen LogP contribution in [0.4, 0.5) is 0 Å². The number of carboxylic acids is 1. The summed E-state index contributed by atoms with van der Waals surface area (Å²) in [4.78, 5) is 35.4. The van der Waals surface area contributed by atoms with Crippen LogP contribution in [0.2, 0.25) is 0 Å². The summed E-state index contributed by atoms with van der Waals surface area (Å²) in [5.74, 6) is -0.628. The first kappa shape index (κ1) is 19.7. The van der Waals surface area contributed by atoms with Crippen molar-refractivity contribution in [2.45, 2.75) is 38.1 Å². The van der Waals surface area contributed by atoms with E-state index in [1.165, 1.54) is 18.6 Å². The van der Waals surface area contributed by atoms with Crippen molar-refractivity contribution in [2.24, 2.45) is 0 Å². The van der Waals surface area contributed by atoms with E-state index in [4.69, 9.17) is 5.11 Å². The van der Waals surface area contributed by atoms with Crippen LogP contribution < -0.4 is 5.32 Å². The van der Waals surface area contributed by atoms with E-state index in [1.54, 1.807) is 24.3 Å². The summed E-state index contributed by atoms with van der Waals surface area (Å²) in [6.45, 7) is 1.73. The van der Waals surface area contributed by atoms with Crippen molar-refractivity contribution in [1.82, 2.24) is 10.2 Å². The average molecular weight is 384 g/mol. The minimum Gasteiger partial charge on any atom is -0.508 e. The summed E-state index contributed by atoms with van der Waals surface area (Å²) in [5, 5.41) is 22.3. The minimum absolute atomic E-state index is 0.0142. The molecule has 0 unspecified atom stereocenters. The number of phenolic OH excluding ortho intramolecular Hbond substituents is 1. The molecule has 0 bridgehead atoms. The van der Waals surface area contributed by atoms with Gasteiger partial charge in [0.25, 0.3) is 0 Å². The number of fused-ring (bicyclic) bond motifs is 1. The molecule has 2 amide bonds. The van der Waals surface area contributed by atoms with Crippen molar-refractivity contribution in [3.63, 3.8) is 0 Å². The number of phenols is 1. The molecule has 2 aliphatic heterocycles. The third-order valence-electron chi connectivity index (χ3n) is 5.03. The number of aromatic carboxylic acids is 1. The smallest absolute Gasteiger partial charge is 0.335 e. The van der Waals surface area contributed by atoms with Gasteiger partial charge in [-0.25, -0.2) is 4.79 Å². The highest BCUT2D eigenvalue weighted by molar-refractivity contribution is 5.94. The quantitative estimate of drug-likeness (QED) is 0.738. The monoisotopic (exact) mass is 384 g/mol. The fraction of sp³-hybridized carbons (Fsp3) is 0.381. The molecule has 2 aromatic carbocycles. The molecule has 7 heteroatoms. The van der Waals surface area contributed by atoms with Crippen LogP contribution in [0.15, 0.2) is 36.4 Å². The zero-order valence-electron chi connectivity index (χ0n) is 15.6. The van der Waals surface area contributed by atoms with Gasteiger partial charge < -0.3 is 20.4 Å². The number of likely N-dealkylation sites (tertiary alicyclic amines) is 1. The Balaban J connectivity index is 0.000000161. The lowest BCUT2D eigenvalue weighted by Crippen LogP contribution is -2.46. The summed E-state index contributed by atoms with van der Waals surface area (Å²) >= 11 is 0. The van der Waals surface area contributed by atoms with Crippen molar-refractivity contribution in [2.75, 3.05) is 13.1 Å². The van der Waals surface area contributed by atoms with Gasteiger partial charge in [0.15, 0.2) is 0 Å². The predicted octanol–water partition coefficient (Wildman–Crippen LogP) is 2.52. The van der Waals surface area contributed by atoms with Crippen LogP contribution >= 0.6 is 0 Å². The highest BCUT2D eigenvalue weighted by Crippen LogP contribution is 2.21. The number of nitrogens with one attached hydrogen (secondary N) is 1. The fourth-order valence-electron chi connectivity index (χ4n) is 3.50. The molecule has 2 saturated heterocycles. The molecule has 0 aliphatic carbocycles. The van der Waals surface area contributed by atoms with E-state index in [2.05, 4.69) is 5.32 Å². The van der Waals surface area contributed by atoms with Gasteiger partial charge in [0, 0.05) is 19.5 Å². The SMILES string of the molecule is O=C(O)c1ccc2cc(O)ccc2c1.O=C1CC[C@H](C(=O)N2CCCCC2)N1. The molecule has 7 nitrogen and oxygen atoms in total. The molecular weight excluding hydrogens is 360 g/mol. The summed E-state index contributed by atoms with van der Waals surface area (Å²) in [6, 6.07) is 9.37. The van der Waals surface area contributed by atoms with E-state index in [-0.39, 0.29) is 29.2 Å². The molecule has 28 heavy (non-hydrogen) atoms. The molecule has 148 valence electrons. The van der Waals surface area contributed by atoms with Gasteiger partial charge in [-0.15, -0.1) is 0 Å². The molecule has 0 saturated carbocycles. The number of hydrogen-bond donors (Lipinski definition) is 3. The summed E-state index contributed by atoms with van der Waals surface area (Å²) in [7, 11) is 0. The van der Waals surface area contributed by atoms with Crippen molar-refractivity contribution >= 4 is 28.6 Å². The third kappa shape index (κ3) is 4.79. The van der Waals surface area contributed by atoms with E-state index < -0.39 is 5.97 Å². The first-order valence-electron chi connectivity index (χ1n) is 9.48. The predicted molar refractivity (Wildman–Crippen MR) is 104 cm³/mol. The average Bonchev–Trinajstić information content (AvgIpc) is 3.14.